The van der Waals surface area contributed by atoms with E-state index < -0.39 is 6.04 Å². The summed E-state index contributed by atoms with van der Waals surface area (Å²) in [4.78, 5) is 18.3. The number of halogens is 2. The van der Waals surface area contributed by atoms with E-state index in [2.05, 4.69) is 21.6 Å². The molecule has 0 radical (unpaired) electrons. The molecule has 0 aromatic heterocycles. The van der Waals surface area contributed by atoms with Gasteiger partial charge in [0.25, 0.3) is 0 Å². The van der Waals surface area contributed by atoms with Crippen LogP contribution < -0.4 is 26.5 Å². The third kappa shape index (κ3) is 6.16. The lowest BCUT2D eigenvalue weighted by atomic mass is 9.90. The average Bonchev–Trinajstić information content (AvgIpc) is 2.75. The lowest BCUT2D eigenvalue weighted by Crippen LogP contribution is -2.57. The van der Waals surface area contributed by atoms with Crippen LogP contribution in [0, 0.1) is 11.3 Å². The minimum absolute atomic E-state index is 0.0572. The molecular formula is C20H23Cl2N5O2. The summed E-state index contributed by atoms with van der Waals surface area (Å²) < 4.78 is 0. The van der Waals surface area contributed by atoms with Gasteiger partial charge in [-0.1, -0.05) is 59.1 Å². The second kappa shape index (κ2) is 10.6. The highest BCUT2D eigenvalue weighted by molar-refractivity contribution is 6.42. The molecule has 1 fully saturated rings. The SMILES string of the molecule is N=C(NC(=O)C(NNOc1ccc(Cl)c(Cl)c1)C1CCNCC1)c1ccccc1. The number of nitrogens with one attached hydrogen (secondary N) is 5. The Balaban J connectivity index is 1.62. The van der Waals surface area contributed by atoms with Gasteiger partial charge in [0.15, 0.2) is 5.75 Å². The van der Waals surface area contributed by atoms with Gasteiger partial charge in [-0.25, -0.2) is 5.43 Å². The van der Waals surface area contributed by atoms with Crippen LogP contribution >= 0.6 is 23.2 Å². The van der Waals surface area contributed by atoms with Crippen molar-refractivity contribution in [3.05, 3.63) is 64.1 Å². The largest absolute Gasteiger partial charge is 0.394 e. The highest BCUT2D eigenvalue weighted by Gasteiger charge is 2.30. The number of carbonyl (C=O) groups excluding carboxylic acids is 1. The molecule has 0 aliphatic carbocycles. The van der Waals surface area contributed by atoms with Gasteiger partial charge in [-0.05, 0) is 44.0 Å². The molecule has 1 aliphatic heterocycles. The summed E-state index contributed by atoms with van der Waals surface area (Å²) in [5.41, 5.74) is 6.22. The standard InChI is InChI=1S/C20H23Cl2N5O2/c21-16-7-6-15(12-17(16)22)29-27-26-18(13-8-10-24-11-9-13)20(28)25-19(23)14-4-2-1-3-5-14/h1-7,12-13,18,24,26-27H,8-11H2,(H2,23,25,28). The van der Waals surface area contributed by atoms with Gasteiger partial charge in [0.2, 0.25) is 5.91 Å². The van der Waals surface area contributed by atoms with Crippen LogP contribution in [0.15, 0.2) is 48.5 Å². The third-order valence-electron chi connectivity index (χ3n) is 4.72. The number of amidine groups is 1. The predicted molar refractivity (Wildman–Crippen MR) is 114 cm³/mol. The molecule has 1 aliphatic rings. The molecule has 2 aromatic carbocycles. The van der Waals surface area contributed by atoms with E-state index in [1.807, 2.05) is 18.2 Å². The summed E-state index contributed by atoms with van der Waals surface area (Å²) in [5.74, 6) is 0.302. The lowest BCUT2D eigenvalue weighted by Gasteiger charge is -2.30. The van der Waals surface area contributed by atoms with Crippen LogP contribution in [0.5, 0.6) is 5.75 Å². The van der Waals surface area contributed by atoms with E-state index in [0.29, 0.717) is 21.4 Å². The molecule has 0 bridgehead atoms. The fourth-order valence-electron chi connectivity index (χ4n) is 3.15. The van der Waals surface area contributed by atoms with E-state index in [4.69, 9.17) is 33.4 Å². The quantitative estimate of drug-likeness (QED) is 0.261. The molecular weight excluding hydrogens is 413 g/mol. The van der Waals surface area contributed by atoms with Gasteiger partial charge < -0.3 is 15.5 Å². The maximum atomic E-state index is 12.9. The maximum Gasteiger partial charge on any atom is 0.244 e. The van der Waals surface area contributed by atoms with Crippen molar-refractivity contribution in [2.75, 3.05) is 13.1 Å². The summed E-state index contributed by atoms with van der Waals surface area (Å²) in [5, 5.41) is 14.9. The van der Waals surface area contributed by atoms with E-state index >= 15 is 0 Å². The molecule has 2 aromatic rings. The van der Waals surface area contributed by atoms with Crippen molar-refractivity contribution in [3.8, 4) is 5.75 Å². The highest BCUT2D eigenvalue weighted by Crippen LogP contribution is 2.26. The van der Waals surface area contributed by atoms with Crippen molar-refractivity contribution in [1.29, 1.82) is 5.41 Å². The van der Waals surface area contributed by atoms with Crippen molar-refractivity contribution >= 4 is 34.9 Å². The van der Waals surface area contributed by atoms with Crippen molar-refractivity contribution in [3.63, 3.8) is 0 Å². The topological polar surface area (TPSA) is 98.3 Å². The average molecular weight is 436 g/mol. The minimum atomic E-state index is -0.580. The van der Waals surface area contributed by atoms with Crippen LogP contribution in [0.4, 0.5) is 0 Å². The molecule has 7 nitrogen and oxygen atoms in total. The number of amides is 1. The first-order valence-electron chi connectivity index (χ1n) is 9.32. The monoisotopic (exact) mass is 435 g/mol. The summed E-state index contributed by atoms with van der Waals surface area (Å²) in [7, 11) is 0. The molecule has 1 saturated heterocycles. The molecule has 5 N–H and O–H groups in total. The number of carbonyl (C=O) groups is 1. The molecule has 3 rings (SSSR count). The fourth-order valence-corrected chi connectivity index (χ4v) is 3.43. The minimum Gasteiger partial charge on any atom is -0.394 e. The van der Waals surface area contributed by atoms with Crippen LogP contribution in [0.3, 0.4) is 0 Å². The summed E-state index contributed by atoms with van der Waals surface area (Å²) in [6.45, 7) is 1.67. The molecule has 1 unspecified atom stereocenters. The first-order chi connectivity index (χ1) is 14.0. The zero-order chi connectivity index (χ0) is 20.6. The van der Waals surface area contributed by atoms with E-state index in [1.165, 1.54) is 0 Å². The molecule has 154 valence electrons. The van der Waals surface area contributed by atoms with Crippen LogP contribution in [0.2, 0.25) is 10.0 Å². The van der Waals surface area contributed by atoms with Gasteiger partial charge in [-0.3, -0.25) is 10.2 Å². The zero-order valence-electron chi connectivity index (χ0n) is 15.7. The van der Waals surface area contributed by atoms with Crippen LogP contribution in [0.25, 0.3) is 0 Å². The van der Waals surface area contributed by atoms with Gasteiger partial charge in [-0.2, -0.15) is 0 Å². The smallest absolute Gasteiger partial charge is 0.244 e. The van der Waals surface area contributed by atoms with E-state index in [-0.39, 0.29) is 17.7 Å². The lowest BCUT2D eigenvalue weighted by molar-refractivity contribution is -0.124. The first-order valence-corrected chi connectivity index (χ1v) is 10.1. The second-order valence-electron chi connectivity index (χ2n) is 6.72. The zero-order valence-corrected chi connectivity index (χ0v) is 17.2. The van der Waals surface area contributed by atoms with Gasteiger partial charge in [0.1, 0.15) is 11.9 Å². The second-order valence-corrected chi connectivity index (χ2v) is 7.53. The fraction of sp³-hybridized carbons (Fsp3) is 0.300. The molecule has 1 amide bonds. The Morgan fingerprint density at radius 1 is 1.10 bits per heavy atom. The third-order valence-corrected chi connectivity index (χ3v) is 5.46. The Hall–Kier alpha value is -2.16. The Morgan fingerprint density at radius 2 is 1.83 bits per heavy atom. The number of hydrazine groups is 1. The Morgan fingerprint density at radius 3 is 2.52 bits per heavy atom. The molecule has 29 heavy (non-hydrogen) atoms. The molecule has 9 heteroatoms. The summed E-state index contributed by atoms with van der Waals surface area (Å²) in [6, 6.07) is 13.3. The number of hydrogen-bond donors (Lipinski definition) is 5. The van der Waals surface area contributed by atoms with Crippen LogP contribution in [0.1, 0.15) is 18.4 Å². The summed E-state index contributed by atoms with van der Waals surface area (Å²) >= 11 is 11.9. The van der Waals surface area contributed by atoms with Gasteiger partial charge in [0.05, 0.1) is 10.0 Å². The highest BCUT2D eigenvalue weighted by atomic mass is 35.5. The maximum absolute atomic E-state index is 12.9. The summed E-state index contributed by atoms with van der Waals surface area (Å²) in [6.07, 6.45) is 1.66. The van der Waals surface area contributed by atoms with Crippen molar-refractivity contribution in [2.45, 2.75) is 18.9 Å². The number of piperidine rings is 1. The van der Waals surface area contributed by atoms with Crippen molar-refractivity contribution in [1.82, 2.24) is 21.6 Å². The molecule has 0 spiro atoms. The van der Waals surface area contributed by atoms with Gasteiger partial charge >= 0.3 is 0 Å². The van der Waals surface area contributed by atoms with E-state index in [1.54, 1.807) is 30.3 Å². The van der Waals surface area contributed by atoms with Crippen molar-refractivity contribution < 1.29 is 9.63 Å². The van der Waals surface area contributed by atoms with E-state index in [9.17, 15) is 4.79 Å². The predicted octanol–water partition coefficient (Wildman–Crippen LogP) is 2.89. The molecule has 1 heterocycles. The Bertz CT molecular complexity index is 844. The Kier molecular flexibility index (Phi) is 7.85. The molecule has 0 saturated carbocycles. The van der Waals surface area contributed by atoms with Gasteiger partial charge in [0, 0.05) is 11.6 Å². The number of rotatable bonds is 7. The Labute approximate surface area is 179 Å². The van der Waals surface area contributed by atoms with Gasteiger partial charge in [-0.15, -0.1) is 0 Å². The normalized spacial score (nSPS) is 15.5. The van der Waals surface area contributed by atoms with E-state index in [0.717, 1.165) is 25.9 Å². The van der Waals surface area contributed by atoms with Crippen LogP contribution in [-0.2, 0) is 4.79 Å². The number of benzene rings is 2. The molecule has 1 atom stereocenters. The number of hydrogen-bond acceptors (Lipinski definition) is 6. The van der Waals surface area contributed by atoms with Crippen molar-refractivity contribution in [2.24, 2.45) is 5.92 Å². The van der Waals surface area contributed by atoms with Crippen LogP contribution in [-0.4, -0.2) is 30.9 Å². The first kappa shape index (κ1) is 21.5.